The van der Waals surface area contributed by atoms with Crippen molar-refractivity contribution < 1.29 is 63.5 Å². The number of rotatable bonds is 0. The average Bonchev–Trinajstić information content (AvgIpc) is 0. The summed E-state index contributed by atoms with van der Waals surface area (Å²) in [6, 6.07) is 0. The molecule has 0 fully saturated rings. The molecule has 0 radical (unpaired) electrons. The van der Waals surface area contributed by atoms with Gasteiger partial charge in [0.25, 0.3) is 0 Å². The molecule has 0 spiro atoms. The summed E-state index contributed by atoms with van der Waals surface area (Å²) in [5.74, 6) is 0. The van der Waals surface area contributed by atoms with Crippen LogP contribution in [0.5, 0.6) is 0 Å². The summed E-state index contributed by atoms with van der Waals surface area (Å²) >= 11 is 0. The predicted octanol–water partition coefficient (Wildman–Crippen LogP) is -11.8. The Bertz CT molecular complexity index is 3.90. The molecule has 0 bridgehead atoms. The molecule has 0 aromatic carbocycles. The Kier molecular flexibility index (Phi) is 6800. The van der Waals surface area contributed by atoms with E-state index in [1.54, 1.807) is 0 Å². The molecule has 0 atom stereocenters. The van der Waals surface area contributed by atoms with Crippen LogP contribution in [0.3, 0.4) is 0 Å². The molecule has 0 saturated carbocycles. The molecule has 0 aromatic rings. The van der Waals surface area contributed by atoms with Crippen molar-refractivity contribution in [2.24, 2.45) is 0 Å². The van der Waals surface area contributed by atoms with Crippen molar-refractivity contribution in [2.45, 2.75) is 0 Å². The van der Waals surface area contributed by atoms with E-state index < -0.39 is 0 Å². The molecular formula is HF5Th. The Balaban J connectivity index is 0. The summed E-state index contributed by atoms with van der Waals surface area (Å²) in [5, 5.41) is 0. The molecule has 0 aliphatic rings. The summed E-state index contributed by atoms with van der Waals surface area (Å²) in [5.41, 5.74) is 0. The zero-order valence-corrected chi connectivity index (χ0v) is 6.53. The van der Waals surface area contributed by atoms with Crippen LogP contribution < -0.4 is 18.8 Å². The number of hydrogen-bond donors (Lipinski definition) is 0. The van der Waals surface area contributed by atoms with Gasteiger partial charge in [0, 0.05) is 0 Å². The van der Waals surface area contributed by atoms with E-state index in [0.29, 0.717) is 0 Å². The minimum Gasteiger partial charge on any atom is -1.00 e. The predicted molar refractivity (Wildman–Crippen MR) is 2.50 cm³/mol. The second kappa shape index (κ2) is 156. The third kappa shape index (κ3) is 82.7. The standard InChI is InChI=1S/5FH.Th/h5*1H;/q;;;;;+4/p-4. The zero-order valence-electron chi connectivity index (χ0n) is 2.42. The van der Waals surface area contributed by atoms with Crippen LogP contribution in [0.2, 0.25) is 0 Å². The van der Waals surface area contributed by atoms with Crippen LogP contribution in [0, 0.1) is 39.9 Å². The van der Waals surface area contributed by atoms with Crippen LogP contribution >= 0.6 is 0 Å². The number of halogens is 5. The van der Waals surface area contributed by atoms with Gasteiger partial charge in [-0.05, 0) is 0 Å². The zero-order chi connectivity index (χ0) is 0. The second-order valence-corrected chi connectivity index (χ2v) is 0. The van der Waals surface area contributed by atoms with E-state index in [-0.39, 0.29) is 63.5 Å². The summed E-state index contributed by atoms with van der Waals surface area (Å²) in [6.07, 6.45) is 0. The molecular weight excluding hydrogens is 327 g/mol. The van der Waals surface area contributed by atoms with Crippen molar-refractivity contribution in [1.82, 2.24) is 0 Å². The molecule has 0 rings (SSSR count). The first-order valence-electron chi connectivity index (χ1n) is 0. The Hall–Kier alpha value is 0.975. The summed E-state index contributed by atoms with van der Waals surface area (Å²) < 4.78 is 0. The molecule has 0 amide bonds. The second-order valence-electron chi connectivity index (χ2n) is 0. The van der Waals surface area contributed by atoms with Gasteiger partial charge in [-0.1, -0.05) is 0 Å². The van der Waals surface area contributed by atoms with Crippen molar-refractivity contribution >= 4 is 0 Å². The molecule has 0 aliphatic carbocycles. The molecule has 0 heterocycles. The van der Waals surface area contributed by atoms with Crippen molar-refractivity contribution in [3.63, 3.8) is 0 Å². The van der Waals surface area contributed by atoms with E-state index in [1.165, 1.54) is 0 Å². The largest absolute Gasteiger partial charge is 4.00 e. The molecule has 0 saturated heterocycles. The van der Waals surface area contributed by atoms with Gasteiger partial charge in [0.1, 0.15) is 0 Å². The molecule has 0 unspecified atom stereocenters. The maximum atomic E-state index is 0. The first-order valence-corrected chi connectivity index (χ1v) is 0. The van der Waals surface area contributed by atoms with Crippen LogP contribution in [-0.4, -0.2) is 0 Å². The van der Waals surface area contributed by atoms with Crippen LogP contribution in [0.15, 0.2) is 0 Å². The quantitative estimate of drug-likeness (QED) is 0.388. The Labute approximate surface area is 63.2 Å². The number of hydrogen-bond acceptors (Lipinski definition) is 0. The van der Waals surface area contributed by atoms with Gasteiger partial charge in [0.15, 0.2) is 0 Å². The van der Waals surface area contributed by atoms with Gasteiger partial charge in [-0.25, -0.2) is 0 Å². The van der Waals surface area contributed by atoms with Crippen molar-refractivity contribution in [2.75, 3.05) is 0 Å². The van der Waals surface area contributed by atoms with Gasteiger partial charge in [0.2, 0.25) is 0 Å². The van der Waals surface area contributed by atoms with E-state index in [0.717, 1.165) is 0 Å². The summed E-state index contributed by atoms with van der Waals surface area (Å²) in [7, 11) is 0. The fourth-order valence-corrected chi connectivity index (χ4v) is 0. The van der Waals surface area contributed by atoms with Crippen molar-refractivity contribution in [1.29, 1.82) is 0 Å². The van der Waals surface area contributed by atoms with E-state index in [9.17, 15) is 0 Å². The van der Waals surface area contributed by atoms with Crippen LogP contribution in [0.25, 0.3) is 0 Å². The molecule has 0 aromatic heterocycles. The maximum Gasteiger partial charge on any atom is 4.00 e. The van der Waals surface area contributed by atoms with Gasteiger partial charge < -0.3 is 18.8 Å². The Morgan fingerprint density at radius 3 is 0.500 bits per heavy atom. The Morgan fingerprint density at radius 2 is 0.500 bits per heavy atom. The molecule has 0 aliphatic heterocycles. The fraction of sp³-hybridized carbons (Fsp3) is 0. The monoisotopic (exact) mass is 328 g/mol. The van der Waals surface area contributed by atoms with E-state index in [2.05, 4.69) is 0 Å². The van der Waals surface area contributed by atoms with Gasteiger partial charge >= 0.3 is 39.9 Å². The van der Waals surface area contributed by atoms with Crippen LogP contribution in [-0.2, 0) is 0 Å². The van der Waals surface area contributed by atoms with E-state index in [1.807, 2.05) is 0 Å². The minimum atomic E-state index is 0. The van der Waals surface area contributed by atoms with Gasteiger partial charge in [-0.2, -0.15) is 0 Å². The van der Waals surface area contributed by atoms with E-state index >= 15 is 0 Å². The average molecular weight is 328 g/mol. The molecule has 40 valence electrons. The van der Waals surface area contributed by atoms with Gasteiger partial charge in [-0.15, -0.1) is 0 Å². The topological polar surface area (TPSA) is 0 Å². The fourth-order valence-electron chi connectivity index (χ4n) is 0. The first kappa shape index (κ1) is 262. The summed E-state index contributed by atoms with van der Waals surface area (Å²) in [4.78, 5) is 0. The first-order chi connectivity index (χ1) is 0. The molecule has 6 heavy (non-hydrogen) atoms. The Morgan fingerprint density at radius 1 is 0.500 bits per heavy atom. The normalized spacial score (nSPS) is 0. The third-order valence-electron chi connectivity index (χ3n) is 0. The van der Waals surface area contributed by atoms with E-state index in [4.69, 9.17) is 0 Å². The third-order valence-corrected chi connectivity index (χ3v) is 0. The smallest absolute Gasteiger partial charge is 1.00 e. The van der Waals surface area contributed by atoms with Crippen molar-refractivity contribution in [3.8, 4) is 0 Å². The molecule has 0 nitrogen and oxygen atoms in total. The minimum absolute atomic E-state index is 0. The molecule has 0 N–H and O–H groups in total. The van der Waals surface area contributed by atoms with Gasteiger partial charge in [0.05, 0.1) is 0 Å². The van der Waals surface area contributed by atoms with Crippen LogP contribution in [0.4, 0.5) is 4.70 Å². The summed E-state index contributed by atoms with van der Waals surface area (Å²) in [6.45, 7) is 0. The SMILES string of the molecule is F.[F-].[F-].[F-].[F-].[Th+4]. The molecule has 6 heteroatoms. The van der Waals surface area contributed by atoms with Gasteiger partial charge in [-0.3, -0.25) is 4.70 Å². The van der Waals surface area contributed by atoms with Crippen molar-refractivity contribution in [3.05, 3.63) is 0 Å². The van der Waals surface area contributed by atoms with Crippen LogP contribution in [0.1, 0.15) is 0 Å². The maximum absolute atomic E-state index is 0.